The standard InChI is InChI=1S/C18H24O4/c1-12-8-9-13(2)16(15(12)17(19)20)18(21)22-11-10-14-6-4-3-5-7-14/h3-7,12-13,15-16H,8-11H2,1-2H3,(H,19,20)/t12-,13+,15+,16-/m1/s1. The first kappa shape index (κ1) is 16.5. The summed E-state index contributed by atoms with van der Waals surface area (Å²) in [6.07, 6.45) is 2.39. The molecule has 0 aromatic heterocycles. The average Bonchev–Trinajstić information content (AvgIpc) is 2.49. The van der Waals surface area contributed by atoms with Crippen LogP contribution in [0.5, 0.6) is 0 Å². The number of carboxylic acids is 1. The molecule has 0 bridgehead atoms. The fourth-order valence-corrected chi connectivity index (χ4v) is 3.38. The van der Waals surface area contributed by atoms with Crippen molar-refractivity contribution in [3.63, 3.8) is 0 Å². The Morgan fingerprint density at radius 2 is 1.68 bits per heavy atom. The Kier molecular flexibility index (Phi) is 5.58. The van der Waals surface area contributed by atoms with E-state index in [2.05, 4.69) is 0 Å². The minimum atomic E-state index is -0.885. The molecule has 1 aromatic carbocycles. The van der Waals surface area contributed by atoms with Gasteiger partial charge in [0.2, 0.25) is 0 Å². The molecule has 0 unspecified atom stereocenters. The van der Waals surface area contributed by atoms with Crippen LogP contribution in [0.4, 0.5) is 0 Å². The minimum Gasteiger partial charge on any atom is -0.481 e. The van der Waals surface area contributed by atoms with Gasteiger partial charge in [-0.3, -0.25) is 9.59 Å². The van der Waals surface area contributed by atoms with E-state index < -0.39 is 17.8 Å². The third kappa shape index (κ3) is 3.87. The van der Waals surface area contributed by atoms with E-state index in [1.54, 1.807) is 0 Å². The predicted molar refractivity (Wildman–Crippen MR) is 83.3 cm³/mol. The van der Waals surface area contributed by atoms with Crippen molar-refractivity contribution in [3.05, 3.63) is 35.9 Å². The third-order valence-electron chi connectivity index (χ3n) is 4.73. The van der Waals surface area contributed by atoms with E-state index in [1.807, 2.05) is 44.2 Å². The van der Waals surface area contributed by atoms with Gasteiger partial charge in [0.25, 0.3) is 0 Å². The minimum absolute atomic E-state index is 0.0142. The van der Waals surface area contributed by atoms with E-state index in [1.165, 1.54) is 0 Å². The molecule has 0 radical (unpaired) electrons. The fourth-order valence-electron chi connectivity index (χ4n) is 3.38. The Hall–Kier alpha value is -1.84. The van der Waals surface area contributed by atoms with Crippen LogP contribution in [0.3, 0.4) is 0 Å². The smallest absolute Gasteiger partial charge is 0.310 e. The first-order chi connectivity index (χ1) is 10.5. The zero-order valence-corrected chi connectivity index (χ0v) is 13.2. The molecule has 0 heterocycles. The van der Waals surface area contributed by atoms with Crippen LogP contribution in [0.1, 0.15) is 32.3 Å². The van der Waals surface area contributed by atoms with Crippen LogP contribution in [0.2, 0.25) is 0 Å². The molecular formula is C18H24O4. The predicted octanol–water partition coefficient (Wildman–Crippen LogP) is 3.16. The van der Waals surface area contributed by atoms with Gasteiger partial charge in [-0.05, 0) is 30.2 Å². The Bertz CT molecular complexity index is 511. The van der Waals surface area contributed by atoms with Crippen molar-refractivity contribution >= 4 is 11.9 Å². The SMILES string of the molecule is C[C@@H]1CC[C@H](C)[C@@H](C(=O)OCCc2ccccc2)[C@H]1C(=O)O. The zero-order chi connectivity index (χ0) is 16.1. The number of carbonyl (C=O) groups is 2. The lowest BCUT2D eigenvalue weighted by Gasteiger charge is -2.36. The second-order valence-corrected chi connectivity index (χ2v) is 6.32. The van der Waals surface area contributed by atoms with Crippen LogP contribution < -0.4 is 0 Å². The lowest BCUT2D eigenvalue weighted by molar-refractivity contribution is -0.164. The Balaban J connectivity index is 1.95. The van der Waals surface area contributed by atoms with Gasteiger partial charge in [0.05, 0.1) is 18.4 Å². The zero-order valence-electron chi connectivity index (χ0n) is 13.2. The van der Waals surface area contributed by atoms with Crippen LogP contribution in [-0.2, 0) is 20.7 Å². The number of rotatable bonds is 5. The number of aliphatic carboxylic acids is 1. The topological polar surface area (TPSA) is 63.6 Å². The largest absolute Gasteiger partial charge is 0.481 e. The second kappa shape index (κ2) is 7.43. The van der Waals surface area contributed by atoms with Crippen molar-refractivity contribution in [3.8, 4) is 0 Å². The van der Waals surface area contributed by atoms with Crippen molar-refractivity contribution in [2.24, 2.45) is 23.7 Å². The Morgan fingerprint density at radius 3 is 2.27 bits per heavy atom. The monoisotopic (exact) mass is 304 g/mol. The van der Waals surface area contributed by atoms with E-state index in [0.717, 1.165) is 18.4 Å². The molecule has 1 aromatic rings. The van der Waals surface area contributed by atoms with Crippen molar-refractivity contribution in [1.82, 2.24) is 0 Å². The van der Waals surface area contributed by atoms with Crippen LogP contribution >= 0.6 is 0 Å². The highest BCUT2D eigenvalue weighted by Crippen LogP contribution is 2.39. The molecule has 0 saturated heterocycles. The number of benzene rings is 1. The summed E-state index contributed by atoms with van der Waals surface area (Å²) in [5.41, 5.74) is 1.11. The summed E-state index contributed by atoms with van der Waals surface area (Å²) < 4.78 is 5.38. The average molecular weight is 304 g/mol. The van der Waals surface area contributed by atoms with Gasteiger partial charge in [0, 0.05) is 6.42 Å². The van der Waals surface area contributed by atoms with E-state index in [0.29, 0.717) is 13.0 Å². The molecule has 120 valence electrons. The molecule has 1 aliphatic carbocycles. The van der Waals surface area contributed by atoms with Crippen LogP contribution in [-0.4, -0.2) is 23.7 Å². The van der Waals surface area contributed by atoms with Gasteiger partial charge < -0.3 is 9.84 Å². The molecule has 0 aliphatic heterocycles. The summed E-state index contributed by atoms with van der Waals surface area (Å²) in [7, 11) is 0. The van der Waals surface area contributed by atoms with E-state index in [9.17, 15) is 14.7 Å². The van der Waals surface area contributed by atoms with Gasteiger partial charge in [-0.25, -0.2) is 0 Å². The molecular weight excluding hydrogens is 280 g/mol. The molecule has 1 N–H and O–H groups in total. The maximum absolute atomic E-state index is 12.4. The van der Waals surface area contributed by atoms with Crippen molar-refractivity contribution in [2.45, 2.75) is 33.1 Å². The van der Waals surface area contributed by atoms with Gasteiger partial charge in [-0.2, -0.15) is 0 Å². The number of carboxylic acid groups (broad SMARTS) is 1. The number of hydrogen-bond donors (Lipinski definition) is 1. The second-order valence-electron chi connectivity index (χ2n) is 6.32. The molecule has 0 amide bonds. The van der Waals surface area contributed by atoms with Gasteiger partial charge in [0.15, 0.2) is 0 Å². The normalized spacial score (nSPS) is 28.1. The molecule has 1 aliphatic rings. The fraction of sp³-hybridized carbons (Fsp3) is 0.556. The summed E-state index contributed by atoms with van der Waals surface area (Å²) in [6.45, 7) is 4.16. The molecule has 2 rings (SSSR count). The highest BCUT2D eigenvalue weighted by atomic mass is 16.5. The van der Waals surface area contributed by atoms with Gasteiger partial charge in [0.1, 0.15) is 0 Å². The first-order valence-corrected chi connectivity index (χ1v) is 7.94. The van der Waals surface area contributed by atoms with E-state index >= 15 is 0 Å². The van der Waals surface area contributed by atoms with Gasteiger partial charge in [-0.1, -0.05) is 44.2 Å². The number of carbonyl (C=O) groups excluding carboxylic acids is 1. The molecule has 1 fully saturated rings. The molecule has 4 atom stereocenters. The quantitative estimate of drug-likeness (QED) is 0.849. The summed E-state index contributed by atoms with van der Waals surface area (Å²) in [5.74, 6) is -2.33. The summed E-state index contributed by atoms with van der Waals surface area (Å²) in [5, 5.41) is 9.44. The number of ether oxygens (including phenoxy) is 1. The molecule has 4 heteroatoms. The summed E-state index contributed by atoms with van der Waals surface area (Å²) in [4.78, 5) is 23.9. The molecule has 1 saturated carbocycles. The summed E-state index contributed by atoms with van der Waals surface area (Å²) in [6, 6.07) is 9.81. The van der Waals surface area contributed by atoms with Crippen molar-refractivity contribution in [2.75, 3.05) is 6.61 Å². The maximum atomic E-state index is 12.4. The molecule has 22 heavy (non-hydrogen) atoms. The van der Waals surface area contributed by atoms with Crippen LogP contribution in [0, 0.1) is 23.7 Å². The van der Waals surface area contributed by atoms with Gasteiger partial charge >= 0.3 is 11.9 Å². The highest BCUT2D eigenvalue weighted by molar-refractivity contribution is 5.81. The summed E-state index contributed by atoms with van der Waals surface area (Å²) >= 11 is 0. The third-order valence-corrected chi connectivity index (χ3v) is 4.73. The molecule has 4 nitrogen and oxygen atoms in total. The Labute approximate surface area is 131 Å². The molecule has 0 spiro atoms. The number of esters is 1. The Morgan fingerprint density at radius 1 is 1.09 bits per heavy atom. The lowest BCUT2D eigenvalue weighted by atomic mass is 9.67. The van der Waals surface area contributed by atoms with Crippen LogP contribution in [0.25, 0.3) is 0 Å². The lowest BCUT2D eigenvalue weighted by Crippen LogP contribution is -2.42. The van der Waals surface area contributed by atoms with E-state index in [4.69, 9.17) is 4.74 Å². The van der Waals surface area contributed by atoms with E-state index in [-0.39, 0.29) is 17.8 Å². The van der Waals surface area contributed by atoms with Crippen molar-refractivity contribution in [1.29, 1.82) is 0 Å². The van der Waals surface area contributed by atoms with Crippen molar-refractivity contribution < 1.29 is 19.4 Å². The number of hydrogen-bond acceptors (Lipinski definition) is 3. The highest BCUT2D eigenvalue weighted by Gasteiger charge is 2.44. The van der Waals surface area contributed by atoms with Crippen LogP contribution in [0.15, 0.2) is 30.3 Å². The van der Waals surface area contributed by atoms with Gasteiger partial charge in [-0.15, -0.1) is 0 Å². The first-order valence-electron chi connectivity index (χ1n) is 7.94. The maximum Gasteiger partial charge on any atom is 0.310 e.